The zero-order chi connectivity index (χ0) is 13.7. The van der Waals surface area contributed by atoms with Crippen molar-refractivity contribution in [2.45, 2.75) is 6.54 Å². The Morgan fingerprint density at radius 1 is 1.47 bits per heavy atom. The van der Waals surface area contributed by atoms with Crippen LogP contribution in [0.25, 0.3) is 11.3 Å². The summed E-state index contributed by atoms with van der Waals surface area (Å²) in [5.41, 5.74) is 1.36. The SMILES string of the molecule is COCCNCc1ncoc1-c1ccc(F)cc1Cl. The third kappa shape index (κ3) is 3.53. The van der Waals surface area contributed by atoms with E-state index in [0.717, 1.165) is 5.69 Å². The molecule has 4 nitrogen and oxygen atoms in total. The molecule has 0 bridgehead atoms. The molecule has 1 aromatic carbocycles. The quantitative estimate of drug-likeness (QED) is 0.829. The van der Waals surface area contributed by atoms with Crippen molar-refractivity contribution >= 4 is 11.6 Å². The average molecular weight is 285 g/mol. The van der Waals surface area contributed by atoms with Crippen molar-refractivity contribution < 1.29 is 13.5 Å². The number of methoxy groups -OCH3 is 1. The molecule has 0 aliphatic rings. The largest absolute Gasteiger partial charge is 0.443 e. The first kappa shape index (κ1) is 14.0. The van der Waals surface area contributed by atoms with Crippen LogP contribution < -0.4 is 5.32 Å². The van der Waals surface area contributed by atoms with Crippen LogP contribution in [0.1, 0.15) is 5.69 Å². The van der Waals surface area contributed by atoms with Gasteiger partial charge in [-0.05, 0) is 18.2 Å². The molecule has 2 aromatic rings. The normalized spacial score (nSPS) is 10.9. The fraction of sp³-hybridized carbons (Fsp3) is 0.308. The summed E-state index contributed by atoms with van der Waals surface area (Å²) < 4.78 is 23.3. The molecule has 0 amide bonds. The topological polar surface area (TPSA) is 47.3 Å². The molecule has 0 fully saturated rings. The highest BCUT2D eigenvalue weighted by Crippen LogP contribution is 2.30. The fourth-order valence-corrected chi connectivity index (χ4v) is 1.92. The van der Waals surface area contributed by atoms with E-state index in [4.69, 9.17) is 20.8 Å². The maximum absolute atomic E-state index is 13.0. The second kappa shape index (κ2) is 6.65. The van der Waals surface area contributed by atoms with Crippen molar-refractivity contribution in [2.75, 3.05) is 20.3 Å². The van der Waals surface area contributed by atoms with Gasteiger partial charge in [-0.25, -0.2) is 9.37 Å². The van der Waals surface area contributed by atoms with Gasteiger partial charge in [0.05, 0.1) is 11.6 Å². The van der Waals surface area contributed by atoms with Gasteiger partial charge in [0.15, 0.2) is 12.2 Å². The lowest BCUT2D eigenvalue weighted by atomic mass is 10.1. The van der Waals surface area contributed by atoms with E-state index in [1.165, 1.54) is 18.5 Å². The molecule has 0 unspecified atom stereocenters. The second-order valence-electron chi connectivity index (χ2n) is 3.92. The van der Waals surface area contributed by atoms with Gasteiger partial charge in [0.25, 0.3) is 0 Å². The summed E-state index contributed by atoms with van der Waals surface area (Å²) in [5.74, 6) is 0.169. The van der Waals surface area contributed by atoms with Crippen LogP contribution in [0.2, 0.25) is 5.02 Å². The van der Waals surface area contributed by atoms with Crippen LogP contribution in [-0.4, -0.2) is 25.2 Å². The van der Waals surface area contributed by atoms with E-state index in [1.54, 1.807) is 13.2 Å². The van der Waals surface area contributed by atoms with E-state index >= 15 is 0 Å². The van der Waals surface area contributed by atoms with Crippen LogP contribution in [0, 0.1) is 5.82 Å². The number of aromatic nitrogens is 1. The van der Waals surface area contributed by atoms with Crippen molar-refractivity contribution in [1.29, 1.82) is 0 Å². The fourth-order valence-electron chi connectivity index (χ4n) is 1.67. The minimum absolute atomic E-state index is 0.301. The molecule has 1 heterocycles. The molecule has 0 aliphatic carbocycles. The minimum atomic E-state index is -0.381. The number of ether oxygens (including phenoxy) is 1. The number of hydrogen-bond acceptors (Lipinski definition) is 4. The van der Waals surface area contributed by atoms with Gasteiger partial charge in [0, 0.05) is 25.8 Å². The predicted octanol–water partition coefficient (Wildman–Crippen LogP) is 2.87. The van der Waals surface area contributed by atoms with Crippen LogP contribution in [0.15, 0.2) is 29.0 Å². The van der Waals surface area contributed by atoms with Crippen molar-refractivity contribution in [3.8, 4) is 11.3 Å². The molecule has 0 saturated carbocycles. The van der Waals surface area contributed by atoms with E-state index in [-0.39, 0.29) is 5.82 Å². The lowest BCUT2D eigenvalue weighted by molar-refractivity contribution is 0.199. The van der Waals surface area contributed by atoms with Crippen LogP contribution in [-0.2, 0) is 11.3 Å². The molecule has 0 aliphatic heterocycles. The smallest absolute Gasteiger partial charge is 0.181 e. The van der Waals surface area contributed by atoms with Crippen LogP contribution in [0.5, 0.6) is 0 Å². The molecular formula is C13H14ClFN2O2. The number of nitrogens with one attached hydrogen (secondary N) is 1. The average Bonchev–Trinajstić information content (AvgIpc) is 2.83. The Balaban J connectivity index is 2.14. The molecule has 0 spiro atoms. The van der Waals surface area contributed by atoms with Gasteiger partial charge < -0.3 is 14.5 Å². The highest BCUT2D eigenvalue weighted by molar-refractivity contribution is 6.33. The third-order valence-electron chi connectivity index (χ3n) is 2.59. The van der Waals surface area contributed by atoms with Gasteiger partial charge in [-0.15, -0.1) is 0 Å². The molecule has 2 rings (SSSR count). The Morgan fingerprint density at radius 3 is 3.05 bits per heavy atom. The highest BCUT2D eigenvalue weighted by atomic mass is 35.5. The van der Waals surface area contributed by atoms with E-state index in [1.807, 2.05) is 0 Å². The second-order valence-corrected chi connectivity index (χ2v) is 4.33. The first-order valence-corrected chi connectivity index (χ1v) is 6.17. The number of benzene rings is 1. The minimum Gasteiger partial charge on any atom is -0.443 e. The Kier molecular flexibility index (Phi) is 4.90. The lowest BCUT2D eigenvalue weighted by Crippen LogP contribution is -2.19. The number of oxazole rings is 1. The third-order valence-corrected chi connectivity index (χ3v) is 2.91. The molecular weight excluding hydrogens is 271 g/mol. The number of hydrogen-bond donors (Lipinski definition) is 1. The number of nitrogens with zero attached hydrogens (tertiary/aromatic N) is 1. The van der Waals surface area contributed by atoms with E-state index in [0.29, 0.717) is 36.0 Å². The first-order chi connectivity index (χ1) is 9.22. The summed E-state index contributed by atoms with van der Waals surface area (Å²) in [7, 11) is 1.64. The van der Waals surface area contributed by atoms with E-state index < -0.39 is 0 Å². The summed E-state index contributed by atoms with van der Waals surface area (Å²) in [6.45, 7) is 1.85. The van der Waals surface area contributed by atoms with Crippen LogP contribution in [0.3, 0.4) is 0 Å². The highest BCUT2D eigenvalue weighted by Gasteiger charge is 2.14. The lowest BCUT2D eigenvalue weighted by Gasteiger charge is -2.05. The molecule has 0 atom stereocenters. The van der Waals surface area contributed by atoms with Gasteiger partial charge in [0.2, 0.25) is 0 Å². The molecule has 19 heavy (non-hydrogen) atoms. The van der Waals surface area contributed by atoms with Gasteiger partial charge in [-0.1, -0.05) is 11.6 Å². The zero-order valence-electron chi connectivity index (χ0n) is 10.5. The first-order valence-electron chi connectivity index (χ1n) is 5.80. The molecule has 1 N–H and O–H groups in total. The molecule has 102 valence electrons. The molecule has 0 saturated heterocycles. The van der Waals surface area contributed by atoms with Gasteiger partial charge in [0.1, 0.15) is 11.5 Å². The predicted molar refractivity (Wildman–Crippen MR) is 70.5 cm³/mol. The van der Waals surface area contributed by atoms with Gasteiger partial charge >= 0.3 is 0 Å². The van der Waals surface area contributed by atoms with Gasteiger partial charge in [-0.2, -0.15) is 0 Å². The summed E-state index contributed by atoms with van der Waals surface area (Å²) in [6.07, 6.45) is 1.35. The van der Waals surface area contributed by atoms with E-state index in [9.17, 15) is 4.39 Å². The van der Waals surface area contributed by atoms with Gasteiger partial charge in [-0.3, -0.25) is 0 Å². The Morgan fingerprint density at radius 2 is 2.32 bits per heavy atom. The van der Waals surface area contributed by atoms with E-state index in [2.05, 4.69) is 10.3 Å². The maximum Gasteiger partial charge on any atom is 0.181 e. The van der Waals surface area contributed by atoms with Crippen molar-refractivity contribution in [1.82, 2.24) is 10.3 Å². The van der Waals surface area contributed by atoms with Crippen molar-refractivity contribution in [3.63, 3.8) is 0 Å². The monoisotopic (exact) mass is 284 g/mol. The van der Waals surface area contributed by atoms with Crippen LogP contribution in [0.4, 0.5) is 4.39 Å². The summed E-state index contributed by atoms with van der Waals surface area (Å²) >= 11 is 6.01. The standard InChI is InChI=1S/C13H14ClFN2O2/c1-18-5-4-16-7-12-13(19-8-17-12)10-3-2-9(15)6-11(10)14/h2-3,6,8,16H,4-5,7H2,1H3. The molecule has 0 radical (unpaired) electrons. The maximum atomic E-state index is 13.0. The Hall–Kier alpha value is -1.43. The Bertz CT molecular complexity index is 545. The summed E-state index contributed by atoms with van der Waals surface area (Å²) in [5, 5.41) is 3.47. The number of halogens is 2. The summed E-state index contributed by atoms with van der Waals surface area (Å²) in [4.78, 5) is 4.13. The van der Waals surface area contributed by atoms with Crippen molar-refractivity contribution in [2.24, 2.45) is 0 Å². The zero-order valence-corrected chi connectivity index (χ0v) is 11.2. The molecule has 6 heteroatoms. The van der Waals surface area contributed by atoms with Crippen LogP contribution >= 0.6 is 11.6 Å². The summed E-state index contributed by atoms with van der Waals surface area (Å²) in [6, 6.07) is 4.17. The van der Waals surface area contributed by atoms with Crippen molar-refractivity contribution in [3.05, 3.63) is 41.1 Å². The molecule has 1 aromatic heterocycles. The number of rotatable bonds is 6. The Labute approximate surface area is 115 Å².